The van der Waals surface area contributed by atoms with Crippen molar-refractivity contribution in [2.75, 3.05) is 11.5 Å². The summed E-state index contributed by atoms with van der Waals surface area (Å²) in [5.74, 6) is -2.68. The molecule has 0 heterocycles. The number of carbonyl (C=O) groups is 2. The number of nitrogens with two attached hydrogens (primary N) is 2. The van der Waals surface area contributed by atoms with E-state index in [9.17, 15) is 14.7 Å². The van der Waals surface area contributed by atoms with Crippen molar-refractivity contribution in [1.29, 1.82) is 0 Å². The van der Waals surface area contributed by atoms with Crippen LogP contribution in [0.2, 0.25) is 0 Å². The standard InChI is InChI=1S/C27H22N8O5.Na/c1-14-12-21(34-31-16-4-2-15(3-5-16)26(37)38)24(29)25(23(14)28)35-32-18-8-6-17(7-9-18)30-33-19-10-11-22(36)20(13-19)27(39)40;/h2-13,36H,28-29H2,1H3,(H,37,38)(H,39,40);/q;+1. The van der Waals surface area contributed by atoms with E-state index >= 15 is 0 Å². The van der Waals surface area contributed by atoms with Crippen molar-refractivity contribution in [2.24, 2.45) is 30.7 Å². The zero-order valence-electron chi connectivity index (χ0n) is 21.9. The number of aromatic carboxylic acids is 2. The van der Waals surface area contributed by atoms with Crippen LogP contribution < -0.4 is 41.0 Å². The fraction of sp³-hybridized carbons (Fsp3) is 0.0370. The number of nitrogen functional groups attached to an aromatic ring is 2. The topological polar surface area (TPSA) is 221 Å². The number of carboxylic acid groups (broad SMARTS) is 2. The van der Waals surface area contributed by atoms with E-state index in [-0.39, 0.29) is 63.5 Å². The number of benzene rings is 4. The SMILES string of the molecule is Cc1cc(N=Nc2ccc(C(=O)O)cc2)c(N)c(N=Nc2ccc(N=Nc3ccc(O)c(C(=O)O)c3)cc2)c1N.[Na+]. The van der Waals surface area contributed by atoms with Crippen LogP contribution in [0.3, 0.4) is 0 Å². The largest absolute Gasteiger partial charge is 1.00 e. The molecule has 0 fully saturated rings. The van der Waals surface area contributed by atoms with Gasteiger partial charge in [-0.3, -0.25) is 0 Å². The van der Waals surface area contributed by atoms with Crippen LogP contribution in [0.4, 0.5) is 45.5 Å². The van der Waals surface area contributed by atoms with Crippen molar-refractivity contribution in [3.8, 4) is 5.75 Å². The first-order valence-electron chi connectivity index (χ1n) is 11.6. The predicted octanol–water partition coefficient (Wildman–Crippen LogP) is 4.51. The number of rotatable bonds is 8. The number of azo groups is 3. The van der Waals surface area contributed by atoms with Gasteiger partial charge in [0, 0.05) is 0 Å². The zero-order valence-corrected chi connectivity index (χ0v) is 23.9. The molecule has 0 aliphatic carbocycles. The van der Waals surface area contributed by atoms with Gasteiger partial charge in [-0.15, -0.1) is 10.2 Å². The molecule has 0 saturated heterocycles. The minimum absolute atomic E-state index is 0. The number of hydrogen-bond acceptors (Lipinski definition) is 11. The summed E-state index contributed by atoms with van der Waals surface area (Å²) in [7, 11) is 0. The molecule has 0 radical (unpaired) electrons. The smallest absolute Gasteiger partial charge is 0.507 e. The summed E-state index contributed by atoms with van der Waals surface area (Å²) in [5, 5.41) is 52.5. The summed E-state index contributed by atoms with van der Waals surface area (Å²) in [5.41, 5.74) is 15.6. The van der Waals surface area contributed by atoms with E-state index in [1.165, 1.54) is 42.5 Å². The third kappa shape index (κ3) is 7.57. The summed E-state index contributed by atoms with van der Waals surface area (Å²) in [4.78, 5) is 22.2. The minimum Gasteiger partial charge on any atom is -0.507 e. The van der Waals surface area contributed by atoms with Gasteiger partial charge < -0.3 is 26.8 Å². The van der Waals surface area contributed by atoms with Crippen molar-refractivity contribution in [3.63, 3.8) is 0 Å². The molecule has 0 aliphatic heterocycles. The quantitative estimate of drug-likeness (QED) is 0.117. The predicted molar refractivity (Wildman–Crippen MR) is 147 cm³/mol. The van der Waals surface area contributed by atoms with E-state index in [2.05, 4.69) is 30.7 Å². The molecule has 4 rings (SSSR count). The second-order valence-electron chi connectivity index (χ2n) is 8.36. The van der Waals surface area contributed by atoms with Crippen molar-refractivity contribution >= 4 is 57.4 Å². The molecule has 4 aromatic rings. The van der Waals surface area contributed by atoms with Gasteiger partial charge in [0.15, 0.2) is 0 Å². The normalized spacial score (nSPS) is 11.2. The molecule has 13 nitrogen and oxygen atoms in total. The number of aryl methyl sites for hydroxylation is 1. The average molecular weight is 562 g/mol. The third-order valence-electron chi connectivity index (χ3n) is 5.56. The fourth-order valence-electron chi connectivity index (χ4n) is 3.35. The number of nitrogens with zero attached hydrogens (tertiary/aromatic N) is 6. The molecule has 0 spiro atoms. The number of aromatic hydroxyl groups is 1. The summed E-state index contributed by atoms with van der Waals surface area (Å²) >= 11 is 0. The Morgan fingerprint density at radius 2 is 1.12 bits per heavy atom. The first-order valence-corrected chi connectivity index (χ1v) is 11.6. The van der Waals surface area contributed by atoms with Gasteiger partial charge in [0.05, 0.1) is 39.7 Å². The summed E-state index contributed by atoms with van der Waals surface area (Å²) < 4.78 is 0. The maximum Gasteiger partial charge on any atom is 1.00 e. The Labute approximate surface area is 255 Å². The Bertz CT molecular complexity index is 1690. The van der Waals surface area contributed by atoms with Crippen molar-refractivity contribution < 1.29 is 54.5 Å². The van der Waals surface area contributed by atoms with E-state index < -0.39 is 11.9 Å². The van der Waals surface area contributed by atoms with E-state index in [4.69, 9.17) is 21.7 Å². The molecule has 41 heavy (non-hydrogen) atoms. The Balaban J connectivity index is 0.00000462. The third-order valence-corrected chi connectivity index (χ3v) is 5.56. The van der Waals surface area contributed by atoms with Gasteiger partial charge >= 0.3 is 41.5 Å². The van der Waals surface area contributed by atoms with Crippen molar-refractivity contribution in [2.45, 2.75) is 6.92 Å². The van der Waals surface area contributed by atoms with E-state index in [1.807, 2.05) is 0 Å². The van der Waals surface area contributed by atoms with Gasteiger partial charge in [-0.25, -0.2) is 9.59 Å². The number of phenols is 1. The van der Waals surface area contributed by atoms with Gasteiger partial charge in [0.2, 0.25) is 0 Å². The van der Waals surface area contributed by atoms with E-state index in [0.29, 0.717) is 34.0 Å². The Hall–Kier alpha value is -4.98. The molecule has 0 unspecified atom stereocenters. The summed E-state index contributed by atoms with van der Waals surface area (Å²) in [6, 6.07) is 18.0. The van der Waals surface area contributed by atoms with Crippen LogP contribution in [0.15, 0.2) is 103 Å². The van der Waals surface area contributed by atoms with Gasteiger partial charge in [-0.2, -0.15) is 20.5 Å². The van der Waals surface area contributed by atoms with Crippen molar-refractivity contribution in [1.82, 2.24) is 0 Å². The average Bonchev–Trinajstić information content (AvgIpc) is 2.94. The maximum absolute atomic E-state index is 11.2. The monoisotopic (exact) mass is 561 g/mol. The van der Waals surface area contributed by atoms with Crippen LogP contribution in [0.25, 0.3) is 0 Å². The molecular weight excluding hydrogens is 539 g/mol. The van der Waals surface area contributed by atoms with Crippen LogP contribution in [0.5, 0.6) is 5.75 Å². The molecule has 0 bridgehead atoms. The summed E-state index contributed by atoms with van der Waals surface area (Å²) in [6.45, 7) is 1.77. The van der Waals surface area contributed by atoms with Gasteiger partial charge in [0.25, 0.3) is 0 Å². The molecule has 0 saturated carbocycles. The minimum atomic E-state index is -1.28. The second kappa shape index (κ2) is 13.4. The summed E-state index contributed by atoms with van der Waals surface area (Å²) in [6.07, 6.45) is 0. The van der Waals surface area contributed by atoms with Crippen LogP contribution in [0.1, 0.15) is 26.3 Å². The molecule has 0 atom stereocenters. The molecule has 4 aromatic carbocycles. The first-order chi connectivity index (χ1) is 19.1. The van der Waals surface area contributed by atoms with Crippen LogP contribution >= 0.6 is 0 Å². The zero-order chi connectivity index (χ0) is 28.8. The Kier molecular flexibility index (Phi) is 9.98. The van der Waals surface area contributed by atoms with Gasteiger partial charge in [-0.05, 0) is 85.3 Å². The van der Waals surface area contributed by atoms with E-state index in [0.717, 1.165) is 0 Å². The Morgan fingerprint density at radius 3 is 1.68 bits per heavy atom. The molecule has 0 amide bonds. The first kappa shape index (κ1) is 30.6. The Morgan fingerprint density at radius 1 is 0.634 bits per heavy atom. The van der Waals surface area contributed by atoms with Crippen LogP contribution in [-0.2, 0) is 0 Å². The fourth-order valence-corrected chi connectivity index (χ4v) is 3.35. The molecule has 0 aromatic heterocycles. The van der Waals surface area contributed by atoms with Gasteiger partial charge in [-0.1, -0.05) is 0 Å². The molecular formula is C27H22N8NaO5+. The number of carboxylic acids is 2. The van der Waals surface area contributed by atoms with E-state index in [1.54, 1.807) is 37.3 Å². The molecule has 7 N–H and O–H groups in total. The van der Waals surface area contributed by atoms with Gasteiger partial charge in [0.1, 0.15) is 22.7 Å². The second-order valence-corrected chi connectivity index (χ2v) is 8.36. The maximum atomic E-state index is 11.2. The molecule has 14 heteroatoms. The number of hydrogen-bond donors (Lipinski definition) is 5. The molecule has 200 valence electrons. The van der Waals surface area contributed by atoms with Crippen LogP contribution in [-0.4, -0.2) is 27.3 Å². The molecule has 0 aliphatic rings. The number of anilines is 2. The van der Waals surface area contributed by atoms with Crippen LogP contribution in [0, 0.1) is 6.92 Å². The van der Waals surface area contributed by atoms with Crippen molar-refractivity contribution in [3.05, 3.63) is 89.5 Å².